The molecule has 0 aliphatic rings. The first-order valence-corrected chi connectivity index (χ1v) is 11.5. The largest absolute Gasteiger partial charge is 0.482 e. The van der Waals surface area contributed by atoms with Gasteiger partial charge in [-0.2, -0.15) is 0 Å². The second-order valence-corrected chi connectivity index (χ2v) is 8.46. The predicted octanol–water partition coefficient (Wildman–Crippen LogP) is 3.22. The Kier molecular flexibility index (Phi) is 11.7. The van der Waals surface area contributed by atoms with Crippen LogP contribution in [0.25, 0.3) is 0 Å². The minimum atomic E-state index is -0.619. The lowest BCUT2D eigenvalue weighted by Gasteiger charge is -2.10. The van der Waals surface area contributed by atoms with Crippen molar-refractivity contribution in [1.29, 1.82) is 0 Å². The van der Waals surface area contributed by atoms with Crippen LogP contribution in [-0.4, -0.2) is 36.8 Å². The van der Waals surface area contributed by atoms with E-state index < -0.39 is 36.8 Å². The first-order valence-electron chi connectivity index (χ1n) is 9.95. The number of ether oxygens (including phenoxy) is 2. The van der Waals surface area contributed by atoms with Gasteiger partial charge in [-0.15, -0.1) is 0 Å². The monoisotopic (exact) mass is 564 g/mol. The lowest BCUT2D eigenvalue weighted by molar-refractivity contribution is -0.131. The highest BCUT2D eigenvalue weighted by atomic mass is 35.5. The van der Waals surface area contributed by atoms with Crippen molar-refractivity contribution >= 4 is 70.0 Å². The average molecular weight is 566 g/mol. The highest BCUT2D eigenvalue weighted by Gasteiger charge is 2.11. The fraction of sp³-hybridized carbons (Fsp3) is 0.238. The fourth-order valence-electron chi connectivity index (χ4n) is 2.36. The number of carbonyl (C=O) groups excluding carboxylic acids is 4. The number of rotatable bonds is 10. The molecule has 2 rings (SSSR count). The standard InChI is InChI=1S/C21H20Cl4N4O6/c22-12-4-6-16(14(24)8-12)34-10-20(32)28-26-18(30)2-1-3-19(31)27-29-21(33)11-35-17-7-5-13(23)9-15(17)25/h4-9H,1-3,10-11H2,(H,26,30)(H,27,31)(H,28,32)(H,29,33). The second-order valence-electron chi connectivity index (χ2n) is 6.77. The summed E-state index contributed by atoms with van der Waals surface area (Å²) in [6.07, 6.45) is 0.0601. The third-order valence-corrected chi connectivity index (χ3v) is 5.06. The maximum Gasteiger partial charge on any atom is 0.276 e. The topological polar surface area (TPSA) is 135 Å². The Morgan fingerprint density at radius 2 is 0.971 bits per heavy atom. The molecule has 10 nitrogen and oxygen atoms in total. The van der Waals surface area contributed by atoms with Crippen LogP contribution >= 0.6 is 46.4 Å². The Bertz CT molecular complexity index is 1000. The van der Waals surface area contributed by atoms with Gasteiger partial charge in [0.05, 0.1) is 10.0 Å². The number of hydrogen-bond donors (Lipinski definition) is 4. The molecule has 0 spiro atoms. The number of hydrogen-bond acceptors (Lipinski definition) is 6. The van der Waals surface area contributed by atoms with Gasteiger partial charge in [0, 0.05) is 22.9 Å². The minimum Gasteiger partial charge on any atom is -0.482 e. The van der Waals surface area contributed by atoms with Gasteiger partial charge in [-0.1, -0.05) is 46.4 Å². The normalized spacial score (nSPS) is 10.2. The van der Waals surface area contributed by atoms with Crippen molar-refractivity contribution in [2.45, 2.75) is 19.3 Å². The van der Waals surface area contributed by atoms with E-state index in [0.29, 0.717) is 10.0 Å². The molecular weight excluding hydrogens is 546 g/mol. The first kappa shape index (κ1) is 28.3. The molecule has 0 heterocycles. The van der Waals surface area contributed by atoms with Gasteiger partial charge in [0.25, 0.3) is 11.8 Å². The molecule has 0 saturated carbocycles. The molecule has 0 radical (unpaired) electrons. The lowest BCUT2D eigenvalue weighted by atomic mass is 10.2. The summed E-state index contributed by atoms with van der Waals surface area (Å²) in [7, 11) is 0. The molecule has 188 valence electrons. The summed E-state index contributed by atoms with van der Waals surface area (Å²) < 4.78 is 10.5. The van der Waals surface area contributed by atoms with Crippen molar-refractivity contribution in [3.8, 4) is 11.5 Å². The van der Waals surface area contributed by atoms with Gasteiger partial charge in [-0.05, 0) is 42.8 Å². The minimum absolute atomic E-state index is 0.0519. The Morgan fingerprint density at radius 1 is 0.600 bits per heavy atom. The number of hydrazine groups is 2. The quantitative estimate of drug-likeness (QED) is 0.327. The van der Waals surface area contributed by atoms with E-state index in [1.165, 1.54) is 24.3 Å². The Labute approximate surface area is 220 Å². The van der Waals surface area contributed by atoms with Gasteiger partial charge in [0.1, 0.15) is 11.5 Å². The molecule has 4 amide bonds. The van der Waals surface area contributed by atoms with E-state index in [0.717, 1.165) is 0 Å². The smallest absolute Gasteiger partial charge is 0.276 e. The molecule has 35 heavy (non-hydrogen) atoms. The van der Waals surface area contributed by atoms with E-state index in [1.807, 2.05) is 0 Å². The van der Waals surface area contributed by atoms with Crippen molar-refractivity contribution in [2.24, 2.45) is 0 Å². The SMILES string of the molecule is O=C(CCCC(=O)NNC(=O)COc1ccc(Cl)cc1Cl)NNC(=O)COc1ccc(Cl)cc1Cl. The van der Waals surface area contributed by atoms with Crippen LogP contribution in [0.3, 0.4) is 0 Å². The summed E-state index contributed by atoms with van der Waals surface area (Å²) >= 11 is 23.4. The molecule has 0 fully saturated rings. The van der Waals surface area contributed by atoms with Gasteiger partial charge in [0.2, 0.25) is 11.8 Å². The van der Waals surface area contributed by atoms with Gasteiger partial charge < -0.3 is 9.47 Å². The van der Waals surface area contributed by atoms with E-state index in [-0.39, 0.29) is 40.8 Å². The van der Waals surface area contributed by atoms with Gasteiger partial charge in [-0.3, -0.25) is 40.9 Å². The van der Waals surface area contributed by atoms with E-state index in [9.17, 15) is 19.2 Å². The molecule has 2 aromatic rings. The van der Waals surface area contributed by atoms with Crippen LogP contribution in [0.4, 0.5) is 0 Å². The molecule has 4 N–H and O–H groups in total. The summed E-state index contributed by atoms with van der Waals surface area (Å²) in [5, 5.41) is 1.32. The molecule has 0 aromatic heterocycles. The van der Waals surface area contributed by atoms with Crippen LogP contribution in [0.15, 0.2) is 36.4 Å². The number of nitrogens with one attached hydrogen (secondary N) is 4. The summed E-state index contributed by atoms with van der Waals surface area (Å²) in [5.41, 5.74) is 8.75. The zero-order valence-corrected chi connectivity index (χ0v) is 21.0. The number of benzene rings is 2. The molecule has 0 unspecified atom stereocenters. The van der Waals surface area contributed by atoms with Crippen LogP contribution in [0.5, 0.6) is 11.5 Å². The van der Waals surface area contributed by atoms with Gasteiger partial charge in [-0.25, -0.2) is 0 Å². The van der Waals surface area contributed by atoms with E-state index in [4.69, 9.17) is 55.9 Å². The van der Waals surface area contributed by atoms with E-state index in [1.54, 1.807) is 12.1 Å². The van der Waals surface area contributed by atoms with E-state index in [2.05, 4.69) is 21.7 Å². The van der Waals surface area contributed by atoms with Crippen LogP contribution in [0, 0.1) is 0 Å². The van der Waals surface area contributed by atoms with Crippen molar-refractivity contribution in [3.63, 3.8) is 0 Å². The molecule has 2 aromatic carbocycles. The lowest BCUT2D eigenvalue weighted by Crippen LogP contribution is -2.44. The van der Waals surface area contributed by atoms with Gasteiger partial charge >= 0.3 is 0 Å². The molecule has 0 aliphatic heterocycles. The predicted molar refractivity (Wildman–Crippen MR) is 130 cm³/mol. The Hall–Kier alpha value is -2.92. The fourth-order valence-corrected chi connectivity index (χ4v) is 3.28. The molecule has 0 atom stereocenters. The molecule has 0 saturated heterocycles. The summed E-state index contributed by atoms with van der Waals surface area (Å²) in [6.45, 7) is -0.782. The Morgan fingerprint density at radius 3 is 1.34 bits per heavy atom. The second kappa shape index (κ2) is 14.5. The van der Waals surface area contributed by atoms with Crippen LogP contribution in [0.2, 0.25) is 20.1 Å². The van der Waals surface area contributed by atoms with Crippen LogP contribution < -0.4 is 31.2 Å². The first-order chi connectivity index (χ1) is 16.6. The van der Waals surface area contributed by atoms with Crippen molar-refractivity contribution < 1.29 is 28.7 Å². The zero-order chi connectivity index (χ0) is 25.8. The molecule has 14 heteroatoms. The summed E-state index contributed by atoms with van der Waals surface area (Å²) in [5.74, 6) is -1.76. The van der Waals surface area contributed by atoms with Crippen molar-refractivity contribution in [3.05, 3.63) is 56.5 Å². The number of amides is 4. The number of halogens is 4. The third-order valence-electron chi connectivity index (χ3n) is 4.00. The van der Waals surface area contributed by atoms with Crippen LogP contribution in [-0.2, 0) is 19.2 Å². The molecule has 0 bridgehead atoms. The molecular formula is C21H20Cl4N4O6. The van der Waals surface area contributed by atoms with Crippen molar-refractivity contribution in [2.75, 3.05) is 13.2 Å². The van der Waals surface area contributed by atoms with Crippen molar-refractivity contribution in [1.82, 2.24) is 21.7 Å². The average Bonchev–Trinajstić information content (AvgIpc) is 2.80. The van der Waals surface area contributed by atoms with Gasteiger partial charge in [0.15, 0.2) is 13.2 Å². The highest BCUT2D eigenvalue weighted by molar-refractivity contribution is 6.36. The Balaban J connectivity index is 1.55. The summed E-state index contributed by atoms with van der Waals surface area (Å²) in [4.78, 5) is 47.1. The maximum atomic E-state index is 11.8. The number of carbonyl (C=O) groups is 4. The van der Waals surface area contributed by atoms with E-state index >= 15 is 0 Å². The third kappa shape index (κ3) is 10.9. The zero-order valence-electron chi connectivity index (χ0n) is 18.0. The van der Waals surface area contributed by atoms with Crippen LogP contribution in [0.1, 0.15) is 19.3 Å². The molecule has 0 aliphatic carbocycles. The highest BCUT2D eigenvalue weighted by Crippen LogP contribution is 2.28. The maximum absolute atomic E-state index is 11.8. The summed E-state index contributed by atoms with van der Waals surface area (Å²) in [6, 6.07) is 9.04.